The molecule has 1 atom stereocenters. The van der Waals surface area contributed by atoms with E-state index in [-0.39, 0.29) is 0 Å². The van der Waals surface area contributed by atoms with Crippen molar-refractivity contribution in [2.24, 2.45) is 17.1 Å². The average molecular weight is 276 g/mol. The summed E-state index contributed by atoms with van der Waals surface area (Å²) in [6, 6.07) is 8.72. The molecule has 1 aromatic rings. The summed E-state index contributed by atoms with van der Waals surface area (Å²) in [5.41, 5.74) is 8.76. The highest BCUT2D eigenvalue weighted by Gasteiger charge is 2.23. The average Bonchev–Trinajstić information content (AvgIpc) is 2.36. The van der Waals surface area contributed by atoms with E-state index in [4.69, 9.17) is 5.73 Å². The van der Waals surface area contributed by atoms with Crippen molar-refractivity contribution in [3.05, 3.63) is 29.8 Å². The van der Waals surface area contributed by atoms with Crippen LogP contribution in [0.25, 0.3) is 0 Å². The van der Waals surface area contributed by atoms with E-state index in [1.807, 2.05) is 0 Å². The Hall–Kier alpha value is -1.02. The van der Waals surface area contributed by atoms with Crippen molar-refractivity contribution in [2.45, 2.75) is 47.0 Å². The zero-order valence-electron chi connectivity index (χ0n) is 13.9. The lowest BCUT2D eigenvalue weighted by Gasteiger charge is -2.31. The Kier molecular flexibility index (Phi) is 6.54. The van der Waals surface area contributed by atoms with E-state index in [0.29, 0.717) is 5.41 Å². The zero-order chi connectivity index (χ0) is 15.2. The zero-order valence-corrected chi connectivity index (χ0v) is 13.9. The van der Waals surface area contributed by atoms with E-state index in [2.05, 4.69) is 63.9 Å². The largest absolute Gasteiger partial charge is 0.375 e. The van der Waals surface area contributed by atoms with Gasteiger partial charge in [-0.3, -0.25) is 0 Å². The molecule has 0 spiro atoms. The van der Waals surface area contributed by atoms with Gasteiger partial charge in [0.05, 0.1) is 0 Å². The van der Waals surface area contributed by atoms with Crippen LogP contribution in [-0.2, 0) is 0 Å². The van der Waals surface area contributed by atoms with Gasteiger partial charge in [0.25, 0.3) is 0 Å². The van der Waals surface area contributed by atoms with Crippen LogP contribution in [0, 0.1) is 18.3 Å². The first kappa shape index (κ1) is 17.0. The fraction of sp³-hybridized carbons (Fsp3) is 0.667. The van der Waals surface area contributed by atoms with Gasteiger partial charge in [0.2, 0.25) is 0 Å². The number of nitrogens with zero attached hydrogens (tertiary/aromatic N) is 1. The van der Waals surface area contributed by atoms with Crippen LogP contribution in [0.1, 0.15) is 45.6 Å². The van der Waals surface area contributed by atoms with Crippen LogP contribution < -0.4 is 10.6 Å². The lowest BCUT2D eigenvalue weighted by atomic mass is 9.76. The molecule has 0 aliphatic rings. The van der Waals surface area contributed by atoms with Gasteiger partial charge in [0, 0.05) is 19.3 Å². The van der Waals surface area contributed by atoms with Crippen LogP contribution in [0.2, 0.25) is 0 Å². The van der Waals surface area contributed by atoms with Crippen LogP contribution in [0.4, 0.5) is 5.69 Å². The molecule has 0 saturated heterocycles. The summed E-state index contributed by atoms with van der Waals surface area (Å²) in [5, 5.41) is 0. The van der Waals surface area contributed by atoms with Gasteiger partial charge in [-0.05, 0) is 61.8 Å². The highest BCUT2D eigenvalue weighted by Crippen LogP contribution is 2.32. The molecular formula is C18H32N2. The molecule has 1 aromatic carbocycles. The lowest BCUT2D eigenvalue weighted by Crippen LogP contribution is -2.25. The normalized spacial score (nSPS) is 13.3. The Morgan fingerprint density at radius 3 is 2.45 bits per heavy atom. The fourth-order valence-electron chi connectivity index (χ4n) is 2.78. The van der Waals surface area contributed by atoms with Gasteiger partial charge < -0.3 is 10.6 Å². The SMILES string of the molecule is Cc1cccc(N(C)CCCC(CCN)C(C)(C)C)c1. The first-order chi connectivity index (χ1) is 9.34. The highest BCUT2D eigenvalue weighted by molar-refractivity contribution is 5.47. The second kappa shape index (κ2) is 7.68. The molecule has 0 saturated carbocycles. The van der Waals surface area contributed by atoms with E-state index in [1.54, 1.807) is 0 Å². The third-order valence-corrected chi connectivity index (χ3v) is 4.23. The minimum absolute atomic E-state index is 0.362. The second-order valence-corrected chi connectivity index (χ2v) is 7.04. The summed E-state index contributed by atoms with van der Waals surface area (Å²) in [7, 11) is 2.18. The fourth-order valence-corrected chi connectivity index (χ4v) is 2.78. The quantitative estimate of drug-likeness (QED) is 0.808. The maximum Gasteiger partial charge on any atom is 0.0366 e. The maximum absolute atomic E-state index is 5.75. The minimum atomic E-state index is 0.362. The van der Waals surface area contributed by atoms with Crippen molar-refractivity contribution >= 4 is 5.69 Å². The molecule has 0 heterocycles. The van der Waals surface area contributed by atoms with Crippen molar-refractivity contribution in [1.29, 1.82) is 0 Å². The molecule has 0 radical (unpaired) electrons. The smallest absolute Gasteiger partial charge is 0.0366 e. The molecule has 0 bridgehead atoms. The van der Waals surface area contributed by atoms with Crippen molar-refractivity contribution in [1.82, 2.24) is 0 Å². The third-order valence-electron chi connectivity index (χ3n) is 4.23. The predicted molar refractivity (Wildman–Crippen MR) is 90.3 cm³/mol. The van der Waals surface area contributed by atoms with Crippen molar-refractivity contribution < 1.29 is 0 Å². The number of hydrogen-bond donors (Lipinski definition) is 1. The number of hydrogen-bond acceptors (Lipinski definition) is 2. The maximum atomic E-state index is 5.75. The monoisotopic (exact) mass is 276 g/mol. The molecule has 0 fully saturated rings. The van der Waals surface area contributed by atoms with E-state index in [0.717, 1.165) is 25.4 Å². The Bertz CT molecular complexity index is 393. The molecule has 2 N–H and O–H groups in total. The van der Waals surface area contributed by atoms with Crippen LogP contribution in [-0.4, -0.2) is 20.1 Å². The Morgan fingerprint density at radius 2 is 1.90 bits per heavy atom. The molecule has 0 aliphatic heterocycles. The van der Waals surface area contributed by atoms with Gasteiger partial charge in [0.1, 0.15) is 0 Å². The number of nitrogens with two attached hydrogens (primary N) is 1. The third kappa shape index (κ3) is 5.54. The summed E-state index contributed by atoms with van der Waals surface area (Å²) >= 11 is 0. The molecule has 0 aromatic heterocycles. The van der Waals surface area contributed by atoms with Gasteiger partial charge in [-0.1, -0.05) is 32.9 Å². The van der Waals surface area contributed by atoms with Gasteiger partial charge in [-0.2, -0.15) is 0 Å². The van der Waals surface area contributed by atoms with Crippen molar-refractivity contribution in [3.8, 4) is 0 Å². The number of aryl methyl sites for hydroxylation is 1. The van der Waals surface area contributed by atoms with Crippen LogP contribution in [0.3, 0.4) is 0 Å². The van der Waals surface area contributed by atoms with Crippen LogP contribution in [0.15, 0.2) is 24.3 Å². The summed E-state index contributed by atoms with van der Waals surface area (Å²) in [4.78, 5) is 2.36. The second-order valence-electron chi connectivity index (χ2n) is 7.04. The minimum Gasteiger partial charge on any atom is -0.375 e. The molecule has 2 heteroatoms. The summed E-state index contributed by atoms with van der Waals surface area (Å²) in [5.74, 6) is 0.721. The lowest BCUT2D eigenvalue weighted by molar-refractivity contribution is 0.211. The molecule has 20 heavy (non-hydrogen) atoms. The standard InChI is InChI=1S/C18H32N2/c1-15-8-6-10-17(14-15)20(5)13-7-9-16(11-12-19)18(2,3)4/h6,8,10,14,16H,7,9,11-13,19H2,1-5H3. The molecular weight excluding hydrogens is 244 g/mol. The van der Waals surface area contributed by atoms with Crippen molar-refractivity contribution in [3.63, 3.8) is 0 Å². The van der Waals surface area contributed by atoms with Gasteiger partial charge in [-0.15, -0.1) is 0 Å². The molecule has 0 aliphatic carbocycles. The van der Waals surface area contributed by atoms with Gasteiger partial charge in [-0.25, -0.2) is 0 Å². The van der Waals surface area contributed by atoms with Gasteiger partial charge in [0.15, 0.2) is 0 Å². The molecule has 0 amide bonds. The molecule has 114 valence electrons. The summed E-state index contributed by atoms with van der Waals surface area (Å²) < 4.78 is 0. The van der Waals surface area contributed by atoms with Crippen LogP contribution in [0.5, 0.6) is 0 Å². The highest BCUT2D eigenvalue weighted by atomic mass is 15.1. The van der Waals surface area contributed by atoms with E-state index in [1.165, 1.54) is 24.1 Å². The van der Waals surface area contributed by atoms with Crippen LogP contribution >= 0.6 is 0 Å². The van der Waals surface area contributed by atoms with E-state index < -0.39 is 0 Å². The molecule has 1 rings (SSSR count). The number of benzene rings is 1. The molecule has 1 unspecified atom stereocenters. The Balaban J connectivity index is 2.46. The summed E-state index contributed by atoms with van der Waals surface area (Å²) in [6.45, 7) is 11.1. The topological polar surface area (TPSA) is 29.3 Å². The Morgan fingerprint density at radius 1 is 1.20 bits per heavy atom. The number of anilines is 1. The van der Waals surface area contributed by atoms with Gasteiger partial charge >= 0.3 is 0 Å². The Labute approximate surface area is 125 Å². The van der Waals surface area contributed by atoms with E-state index in [9.17, 15) is 0 Å². The van der Waals surface area contributed by atoms with Crippen molar-refractivity contribution in [2.75, 3.05) is 25.0 Å². The number of rotatable bonds is 7. The first-order valence-corrected chi connectivity index (χ1v) is 7.82. The predicted octanol–water partition coefficient (Wildman–Crippen LogP) is 4.22. The summed E-state index contributed by atoms with van der Waals surface area (Å²) in [6.07, 6.45) is 3.63. The first-order valence-electron chi connectivity index (χ1n) is 7.82. The van der Waals surface area contributed by atoms with E-state index >= 15 is 0 Å². The molecule has 2 nitrogen and oxygen atoms in total.